The van der Waals surface area contributed by atoms with Crippen LogP contribution in [-0.2, 0) is 6.54 Å². The molecule has 1 amide bonds. The Labute approximate surface area is 124 Å². The molecule has 2 aromatic rings. The van der Waals surface area contributed by atoms with Gasteiger partial charge in [0.2, 0.25) is 0 Å². The predicted octanol–water partition coefficient (Wildman–Crippen LogP) is 2.14. The molecule has 2 rings (SSSR count). The van der Waals surface area contributed by atoms with E-state index in [0.717, 1.165) is 16.9 Å². The lowest BCUT2D eigenvalue weighted by Gasteiger charge is -2.04. The van der Waals surface area contributed by atoms with Crippen LogP contribution in [-0.4, -0.2) is 12.5 Å². The number of carbonyl (C=O) groups is 1. The second-order valence-electron chi connectivity index (χ2n) is 4.71. The Morgan fingerprint density at radius 2 is 2.00 bits per heavy atom. The summed E-state index contributed by atoms with van der Waals surface area (Å²) in [5.74, 6) is 7.00. The molecule has 1 aromatic carbocycles. The molecule has 0 aliphatic heterocycles. The van der Waals surface area contributed by atoms with Crippen molar-refractivity contribution in [3.05, 3.63) is 58.5 Å². The Balaban J connectivity index is 1.96. The van der Waals surface area contributed by atoms with Crippen molar-refractivity contribution in [2.24, 2.45) is 5.73 Å². The number of carbonyl (C=O) groups excluding carboxylic acids is 1. The van der Waals surface area contributed by atoms with Gasteiger partial charge in [-0.15, -0.1) is 0 Å². The summed E-state index contributed by atoms with van der Waals surface area (Å²) in [5, 5.41) is 2.88. The van der Waals surface area contributed by atoms with Gasteiger partial charge in [-0.2, -0.15) is 0 Å². The summed E-state index contributed by atoms with van der Waals surface area (Å²) in [5.41, 5.74) is 7.84. The molecule has 108 valence electrons. The molecule has 0 atom stereocenters. The van der Waals surface area contributed by atoms with E-state index in [2.05, 4.69) is 17.2 Å². The van der Waals surface area contributed by atoms with Crippen molar-refractivity contribution < 1.29 is 9.21 Å². The van der Waals surface area contributed by atoms with E-state index in [0.29, 0.717) is 24.4 Å². The number of aryl methyl sites for hydroxylation is 2. The van der Waals surface area contributed by atoms with Gasteiger partial charge in [-0.05, 0) is 37.6 Å². The van der Waals surface area contributed by atoms with Crippen LogP contribution in [0.25, 0.3) is 0 Å². The molecule has 0 saturated carbocycles. The van der Waals surface area contributed by atoms with Crippen LogP contribution in [0.3, 0.4) is 0 Å². The average molecular weight is 282 g/mol. The Kier molecular flexibility index (Phi) is 4.81. The molecule has 3 N–H and O–H groups in total. The van der Waals surface area contributed by atoms with E-state index in [1.165, 1.54) is 0 Å². The summed E-state index contributed by atoms with van der Waals surface area (Å²) in [6.07, 6.45) is 0. The van der Waals surface area contributed by atoms with Crippen LogP contribution in [0.2, 0.25) is 0 Å². The van der Waals surface area contributed by atoms with E-state index in [-0.39, 0.29) is 5.91 Å². The van der Waals surface area contributed by atoms with Crippen LogP contribution in [0.4, 0.5) is 0 Å². The van der Waals surface area contributed by atoms with Gasteiger partial charge in [0.25, 0.3) is 5.91 Å². The minimum atomic E-state index is -0.128. The topological polar surface area (TPSA) is 68.3 Å². The van der Waals surface area contributed by atoms with E-state index in [4.69, 9.17) is 10.2 Å². The fourth-order valence-corrected chi connectivity index (χ4v) is 1.99. The third-order valence-corrected chi connectivity index (χ3v) is 3.03. The van der Waals surface area contributed by atoms with Crippen LogP contribution in [0.5, 0.6) is 0 Å². The highest BCUT2D eigenvalue weighted by Gasteiger charge is 2.12. The third kappa shape index (κ3) is 3.98. The molecular formula is C17H18N2O2. The highest BCUT2D eigenvalue weighted by Crippen LogP contribution is 2.13. The second kappa shape index (κ2) is 6.78. The van der Waals surface area contributed by atoms with Gasteiger partial charge in [-0.3, -0.25) is 4.79 Å². The molecule has 0 aliphatic carbocycles. The van der Waals surface area contributed by atoms with E-state index < -0.39 is 0 Å². The zero-order valence-electron chi connectivity index (χ0n) is 12.2. The van der Waals surface area contributed by atoms with Crippen LogP contribution < -0.4 is 11.1 Å². The van der Waals surface area contributed by atoms with E-state index in [9.17, 15) is 4.79 Å². The van der Waals surface area contributed by atoms with Gasteiger partial charge < -0.3 is 15.5 Å². The number of benzene rings is 1. The number of rotatable bonds is 3. The lowest BCUT2D eigenvalue weighted by atomic mass is 10.1. The lowest BCUT2D eigenvalue weighted by molar-refractivity contribution is 0.0949. The number of nitrogens with one attached hydrogen (secondary N) is 1. The zero-order valence-corrected chi connectivity index (χ0v) is 12.2. The molecular weight excluding hydrogens is 264 g/mol. The molecule has 4 heteroatoms. The van der Waals surface area contributed by atoms with Gasteiger partial charge in [0.05, 0.1) is 12.1 Å². The Morgan fingerprint density at radius 3 is 2.57 bits per heavy atom. The molecule has 0 aliphatic rings. The first kappa shape index (κ1) is 14.9. The molecule has 0 bridgehead atoms. The number of nitrogens with two attached hydrogens (primary N) is 1. The standard InChI is InChI=1S/C17H18N2O2/c1-12-10-16(13(2)21-12)17(20)19-11-15-7-5-14(6-8-15)4-3-9-18/h5-8,10H,9,11,18H2,1-2H3,(H,19,20). The molecule has 21 heavy (non-hydrogen) atoms. The molecule has 4 nitrogen and oxygen atoms in total. The van der Waals surface area contributed by atoms with Gasteiger partial charge in [0.1, 0.15) is 11.5 Å². The SMILES string of the molecule is Cc1cc(C(=O)NCc2ccc(C#CCN)cc2)c(C)o1. The summed E-state index contributed by atoms with van der Waals surface area (Å²) in [4.78, 5) is 12.1. The minimum Gasteiger partial charge on any atom is -0.466 e. The Hall–Kier alpha value is -2.51. The molecule has 0 radical (unpaired) electrons. The molecule has 0 saturated heterocycles. The van der Waals surface area contributed by atoms with Crippen LogP contribution in [0.15, 0.2) is 34.7 Å². The number of hydrogen-bond donors (Lipinski definition) is 2. The second-order valence-corrected chi connectivity index (χ2v) is 4.71. The fourth-order valence-electron chi connectivity index (χ4n) is 1.99. The third-order valence-electron chi connectivity index (χ3n) is 3.03. The van der Waals surface area contributed by atoms with E-state index in [1.807, 2.05) is 31.2 Å². The average Bonchev–Trinajstić information content (AvgIpc) is 2.82. The summed E-state index contributed by atoms with van der Waals surface area (Å²) >= 11 is 0. The van der Waals surface area contributed by atoms with Crippen molar-refractivity contribution in [1.82, 2.24) is 5.32 Å². The zero-order chi connectivity index (χ0) is 15.2. The summed E-state index contributed by atoms with van der Waals surface area (Å²) in [6, 6.07) is 9.45. The van der Waals surface area contributed by atoms with Crippen molar-refractivity contribution in [3.8, 4) is 11.8 Å². The van der Waals surface area contributed by atoms with Gasteiger partial charge >= 0.3 is 0 Å². The highest BCUT2D eigenvalue weighted by atomic mass is 16.3. The van der Waals surface area contributed by atoms with Crippen LogP contribution in [0.1, 0.15) is 33.0 Å². The van der Waals surface area contributed by atoms with Crippen molar-refractivity contribution >= 4 is 5.91 Å². The van der Waals surface area contributed by atoms with Crippen LogP contribution >= 0.6 is 0 Å². The van der Waals surface area contributed by atoms with Gasteiger partial charge in [-0.1, -0.05) is 24.0 Å². The first-order chi connectivity index (χ1) is 10.1. The summed E-state index contributed by atoms with van der Waals surface area (Å²) in [6.45, 7) is 4.42. The Bertz CT molecular complexity index is 688. The van der Waals surface area contributed by atoms with Crippen LogP contribution in [0, 0.1) is 25.7 Å². The maximum atomic E-state index is 12.1. The maximum Gasteiger partial charge on any atom is 0.255 e. The normalized spacial score (nSPS) is 9.86. The summed E-state index contributed by atoms with van der Waals surface area (Å²) < 4.78 is 5.35. The smallest absolute Gasteiger partial charge is 0.255 e. The van der Waals surface area contributed by atoms with Crippen molar-refractivity contribution in [2.75, 3.05) is 6.54 Å². The highest BCUT2D eigenvalue weighted by molar-refractivity contribution is 5.95. The van der Waals surface area contributed by atoms with Crippen molar-refractivity contribution in [3.63, 3.8) is 0 Å². The minimum absolute atomic E-state index is 0.128. The maximum absolute atomic E-state index is 12.1. The van der Waals surface area contributed by atoms with E-state index >= 15 is 0 Å². The molecule has 0 spiro atoms. The largest absolute Gasteiger partial charge is 0.466 e. The van der Waals surface area contributed by atoms with Gasteiger partial charge in [0, 0.05) is 12.1 Å². The lowest BCUT2D eigenvalue weighted by Crippen LogP contribution is -2.22. The number of amides is 1. The Morgan fingerprint density at radius 1 is 1.29 bits per heavy atom. The monoisotopic (exact) mass is 282 g/mol. The number of hydrogen-bond acceptors (Lipinski definition) is 3. The molecule has 0 fully saturated rings. The number of furan rings is 1. The first-order valence-corrected chi connectivity index (χ1v) is 6.73. The van der Waals surface area contributed by atoms with Gasteiger partial charge in [0.15, 0.2) is 0 Å². The quantitative estimate of drug-likeness (QED) is 0.847. The first-order valence-electron chi connectivity index (χ1n) is 6.73. The van der Waals surface area contributed by atoms with Crippen molar-refractivity contribution in [2.45, 2.75) is 20.4 Å². The van der Waals surface area contributed by atoms with E-state index in [1.54, 1.807) is 13.0 Å². The summed E-state index contributed by atoms with van der Waals surface area (Å²) in [7, 11) is 0. The molecule has 1 aromatic heterocycles. The predicted molar refractivity (Wildman–Crippen MR) is 81.7 cm³/mol. The van der Waals surface area contributed by atoms with Crippen molar-refractivity contribution in [1.29, 1.82) is 0 Å². The van der Waals surface area contributed by atoms with Gasteiger partial charge in [-0.25, -0.2) is 0 Å². The molecule has 0 unspecified atom stereocenters. The molecule has 1 heterocycles. The fraction of sp³-hybridized carbons (Fsp3) is 0.235.